The molecule has 2 aliphatic rings. The van der Waals surface area contributed by atoms with Gasteiger partial charge in [-0.05, 0) is 43.2 Å². The highest BCUT2D eigenvalue weighted by molar-refractivity contribution is 5.78. The summed E-state index contributed by atoms with van der Waals surface area (Å²) >= 11 is 0. The summed E-state index contributed by atoms with van der Waals surface area (Å²) in [5, 5.41) is 9.86. The van der Waals surface area contributed by atoms with Crippen LogP contribution in [-0.2, 0) is 4.79 Å². The molecule has 1 aromatic carbocycles. The first-order valence-electron chi connectivity index (χ1n) is 7.84. The maximum atomic E-state index is 13.1. The predicted molar refractivity (Wildman–Crippen MR) is 80.0 cm³/mol. The molecule has 1 heterocycles. The smallest absolute Gasteiger partial charge is 0.260 e. The molecule has 2 fully saturated rings. The number of aliphatic hydroxyl groups excluding tert-OH is 1. The molecule has 1 aromatic rings. The minimum absolute atomic E-state index is 0.00613. The Hall–Kier alpha value is -1.62. The van der Waals surface area contributed by atoms with E-state index in [0.717, 1.165) is 25.7 Å². The van der Waals surface area contributed by atoms with Gasteiger partial charge in [0.1, 0.15) is 11.6 Å². The molecule has 22 heavy (non-hydrogen) atoms. The molecule has 5 heteroatoms. The highest BCUT2D eigenvalue weighted by Gasteiger charge is 2.48. The molecule has 1 saturated heterocycles. The zero-order valence-electron chi connectivity index (χ0n) is 12.8. The monoisotopic (exact) mass is 307 g/mol. The molecule has 3 atom stereocenters. The van der Waals surface area contributed by atoms with Gasteiger partial charge in [-0.1, -0.05) is 13.0 Å². The molecule has 0 spiro atoms. The highest BCUT2D eigenvalue weighted by atomic mass is 19.1. The Morgan fingerprint density at radius 3 is 3.09 bits per heavy atom. The first-order chi connectivity index (χ1) is 10.5. The van der Waals surface area contributed by atoms with Crippen LogP contribution in [0.25, 0.3) is 0 Å². The van der Waals surface area contributed by atoms with Gasteiger partial charge >= 0.3 is 0 Å². The molecule has 0 radical (unpaired) electrons. The minimum Gasteiger partial charge on any atom is -0.484 e. The largest absolute Gasteiger partial charge is 0.484 e. The van der Waals surface area contributed by atoms with Gasteiger partial charge in [0.25, 0.3) is 5.91 Å². The van der Waals surface area contributed by atoms with E-state index in [1.165, 1.54) is 12.1 Å². The fourth-order valence-electron chi connectivity index (χ4n) is 3.89. The third-order valence-electron chi connectivity index (χ3n) is 5.06. The van der Waals surface area contributed by atoms with Gasteiger partial charge in [0.15, 0.2) is 6.61 Å². The van der Waals surface area contributed by atoms with E-state index in [4.69, 9.17) is 4.74 Å². The van der Waals surface area contributed by atoms with Gasteiger partial charge in [0.05, 0.1) is 6.10 Å². The molecule has 1 N–H and O–H groups in total. The molecule has 120 valence electrons. The third-order valence-corrected chi connectivity index (χ3v) is 5.06. The number of halogens is 1. The maximum Gasteiger partial charge on any atom is 0.260 e. The predicted octanol–water partition coefficient (Wildman–Crippen LogP) is 2.36. The lowest BCUT2D eigenvalue weighted by molar-refractivity contribution is -0.136. The van der Waals surface area contributed by atoms with Crippen molar-refractivity contribution in [2.75, 3.05) is 13.2 Å². The number of hydrogen-bond acceptors (Lipinski definition) is 3. The first kappa shape index (κ1) is 15.3. The number of ether oxygens (including phenoxy) is 1. The summed E-state index contributed by atoms with van der Waals surface area (Å²) in [5.74, 6) is -0.0660. The summed E-state index contributed by atoms with van der Waals surface area (Å²) in [6.45, 7) is 2.79. The average Bonchev–Trinajstić information content (AvgIpc) is 2.81. The number of amides is 1. The summed E-state index contributed by atoms with van der Waals surface area (Å²) in [4.78, 5) is 14.3. The molecular weight excluding hydrogens is 285 g/mol. The van der Waals surface area contributed by atoms with Gasteiger partial charge in [0.2, 0.25) is 0 Å². The molecular formula is C17H22FNO3. The van der Waals surface area contributed by atoms with E-state index in [1.807, 2.05) is 4.90 Å². The van der Waals surface area contributed by atoms with Gasteiger partial charge < -0.3 is 14.7 Å². The zero-order chi connectivity index (χ0) is 15.7. The van der Waals surface area contributed by atoms with Crippen molar-refractivity contribution in [2.45, 2.75) is 44.8 Å². The Kier molecular flexibility index (Phi) is 4.08. The topological polar surface area (TPSA) is 49.8 Å². The average molecular weight is 307 g/mol. The summed E-state index contributed by atoms with van der Waals surface area (Å²) < 4.78 is 18.5. The van der Waals surface area contributed by atoms with Gasteiger partial charge in [-0.15, -0.1) is 0 Å². The van der Waals surface area contributed by atoms with Crippen LogP contribution in [0.3, 0.4) is 0 Å². The summed E-state index contributed by atoms with van der Waals surface area (Å²) in [7, 11) is 0. The van der Waals surface area contributed by atoms with Crippen LogP contribution >= 0.6 is 0 Å². The number of nitrogens with zero attached hydrogens (tertiary/aromatic N) is 1. The number of benzene rings is 1. The van der Waals surface area contributed by atoms with Crippen molar-refractivity contribution in [3.8, 4) is 5.75 Å². The van der Waals surface area contributed by atoms with Gasteiger partial charge in [-0.3, -0.25) is 4.79 Å². The normalized spacial score (nSPS) is 31.0. The zero-order valence-corrected chi connectivity index (χ0v) is 12.8. The number of carbonyl (C=O) groups is 1. The van der Waals surface area contributed by atoms with Crippen molar-refractivity contribution in [2.24, 2.45) is 5.41 Å². The lowest BCUT2D eigenvalue weighted by Gasteiger charge is -2.41. The van der Waals surface area contributed by atoms with E-state index in [0.29, 0.717) is 12.3 Å². The fourth-order valence-corrected chi connectivity index (χ4v) is 3.89. The molecule has 1 aliphatic heterocycles. The van der Waals surface area contributed by atoms with Gasteiger partial charge in [0, 0.05) is 18.7 Å². The number of aliphatic hydroxyl groups is 1. The van der Waals surface area contributed by atoms with Crippen molar-refractivity contribution in [1.29, 1.82) is 0 Å². The quantitative estimate of drug-likeness (QED) is 0.932. The van der Waals surface area contributed by atoms with E-state index >= 15 is 0 Å². The third kappa shape index (κ3) is 2.95. The van der Waals surface area contributed by atoms with E-state index < -0.39 is 0 Å². The SMILES string of the molecule is C[C@@]12CCN(C(=O)COc3cccc(F)c3)[C@@H]1CC[C@@H](O)C2. The Labute approximate surface area is 129 Å². The molecule has 1 aliphatic carbocycles. The van der Waals surface area contributed by atoms with Crippen LogP contribution in [0, 0.1) is 11.2 Å². The number of carbonyl (C=O) groups excluding carboxylic acids is 1. The van der Waals surface area contributed by atoms with Crippen molar-refractivity contribution in [3.63, 3.8) is 0 Å². The second kappa shape index (κ2) is 5.88. The van der Waals surface area contributed by atoms with Crippen LogP contribution in [0.5, 0.6) is 5.75 Å². The number of likely N-dealkylation sites (tertiary alicyclic amines) is 1. The molecule has 0 bridgehead atoms. The lowest BCUT2D eigenvalue weighted by Crippen LogP contribution is -2.47. The lowest BCUT2D eigenvalue weighted by atomic mass is 9.71. The Bertz CT molecular complexity index is 565. The van der Waals surface area contributed by atoms with Crippen molar-refractivity contribution in [1.82, 2.24) is 4.90 Å². The van der Waals surface area contributed by atoms with Crippen LogP contribution in [0.4, 0.5) is 4.39 Å². The summed E-state index contributed by atoms with van der Waals surface area (Å²) in [5.41, 5.74) is 0.00613. The number of fused-ring (bicyclic) bond motifs is 1. The van der Waals surface area contributed by atoms with Gasteiger partial charge in [-0.25, -0.2) is 4.39 Å². The second-order valence-electron chi connectivity index (χ2n) is 6.69. The molecule has 1 saturated carbocycles. The van der Waals surface area contributed by atoms with Crippen molar-refractivity contribution >= 4 is 5.91 Å². The van der Waals surface area contributed by atoms with Crippen molar-refractivity contribution < 1.29 is 19.0 Å². The number of rotatable bonds is 3. The Morgan fingerprint density at radius 1 is 1.50 bits per heavy atom. The fraction of sp³-hybridized carbons (Fsp3) is 0.588. The summed E-state index contributed by atoms with van der Waals surface area (Å²) in [6, 6.07) is 6.00. The molecule has 0 aromatic heterocycles. The standard InChI is InChI=1S/C17H22FNO3/c1-17-7-8-19(15(17)6-5-13(20)10-17)16(21)11-22-14-4-2-3-12(18)9-14/h2-4,9,13,15,20H,5-8,10-11H2,1H3/t13-,15-,17+/m1/s1. The van der Waals surface area contributed by atoms with Crippen LogP contribution in [-0.4, -0.2) is 41.2 Å². The van der Waals surface area contributed by atoms with E-state index in [9.17, 15) is 14.3 Å². The van der Waals surface area contributed by atoms with Crippen LogP contribution in [0.15, 0.2) is 24.3 Å². The van der Waals surface area contributed by atoms with Crippen LogP contribution in [0.2, 0.25) is 0 Å². The maximum absolute atomic E-state index is 13.1. The minimum atomic E-state index is -0.375. The van der Waals surface area contributed by atoms with Crippen molar-refractivity contribution in [3.05, 3.63) is 30.1 Å². The summed E-state index contributed by atoms with van der Waals surface area (Å²) in [6.07, 6.45) is 3.00. The Morgan fingerprint density at radius 2 is 2.32 bits per heavy atom. The molecule has 0 unspecified atom stereocenters. The highest BCUT2D eigenvalue weighted by Crippen LogP contribution is 2.46. The van der Waals surface area contributed by atoms with Crippen LogP contribution in [0.1, 0.15) is 32.6 Å². The first-order valence-corrected chi connectivity index (χ1v) is 7.84. The van der Waals surface area contributed by atoms with Gasteiger partial charge in [-0.2, -0.15) is 0 Å². The van der Waals surface area contributed by atoms with Crippen LogP contribution < -0.4 is 4.74 Å². The Balaban J connectivity index is 1.61. The van der Waals surface area contributed by atoms with E-state index in [-0.39, 0.29) is 35.9 Å². The van der Waals surface area contributed by atoms with E-state index in [2.05, 4.69) is 6.92 Å². The molecule has 3 rings (SSSR count). The number of hydrogen-bond donors (Lipinski definition) is 1. The molecule has 4 nitrogen and oxygen atoms in total. The molecule has 1 amide bonds. The second-order valence-corrected chi connectivity index (χ2v) is 6.69. The van der Waals surface area contributed by atoms with E-state index in [1.54, 1.807) is 12.1 Å².